The van der Waals surface area contributed by atoms with Crippen LogP contribution in [0.15, 0.2) is 42.9 Å². The Labute approximate surface area is 164 Å². The van der Waals surface area contributed by atoms with Crippen LogP contribution >= 0.6 is 0 Å². The first-order chi connectivity index (χ1) is 13.7. The third kappa shape index (κ3) is 3.99. The average Bonchev–Trinajstić information content (AvgIpc) is 3.17. The van der Waals surface area contributed by atoms with Crippen molar-refractivity contribution >= 4 is 22.6 Å². The van der Waals surface area contributed by atoms with E-state index in [1.54, 1.807) is 6.07 Å². The molecule has 146 valence electrons. The number of hydrogen-bond donors (Lipinski definition) is 2. The van der Waals surface area contributed by atoms with Crippen LogP contribution in [0.3, 0.4) is 0 Å². The van der Waals surface area contributed by atoms with Gasteiger partial charge in [0.2, 0.25) is 0 Å². The predicted molar refractivity (Wildman–Crippen MR) is 111 cm³/mol. The lowest BCUT2D eigenvalue weighted by atomic mass is 10.1. The monoisotopic (exact) mass is 378 g/mol. The van der Waals surface area contributed by atoms with E-state index in [-0.39, 0.29) is 5.91 Å². The summed E-state index contributed by atoms with van der Waals surface area (Å²) in [5, 5.41) is 4.18. The number of hydrogen-bond acceptors (Lipinski definition) is 5. The molecule has 1 fully saturated rings. The van der Waals surface area contributed by atoms with Gasteiger partial charge in [-0.1, -0.05) is 25.1 Å². The van der Waals surface area contributed by atoms with Gasteiger partial charge in [-0.15, -0.1) is 0 Å². The summed E-state index contributed by atoms with van der Waals surface area (Å²) in [5.41, 5.74) is 2.74. The first kappa shape index (κ1) is 18.4. The molecular weight excluding hydrogens is 352 g/mol. The average molecular weight is 378 g/mol. The molecule has 3 aromatic rings. The molecule has 0 bridgehead atoms. The Morgan fingerprint density at radius 2 is 2.00 bits per heavy atom. The summed E-state index contributed by atoms with van der Waals surface area (Å²) in [4.78, 5) is 29.0. The van der Waals surface area contributed by atoms with E-state index in [9.17, 15) is 4.79 Å². The summed E-state index contributed by atoms with van der Waals surface area (Å²) < 4.78 is 0. The largest absolute Gasteiger partial charge is 0.361 e. The molecule has 7 nitrogen and oxygen atoms in total. The van der Waals surface area contributed by atoms with Crippen molar-refractivity contribution in [2.24, 2.45) is 0 Å². The van der Waals surface area contributed by atoms with Crippen molar-refractivity contribution in [3.05, 3.63) is 54.1 Å². The highest BCUT2D eigenvalue weighted by Gasteiger charge is 2.18. The summed E-state index contributed by atoms with van der Waals surface area (Å²) in [6.45, 7) is 7.70. The number of benzene rings is 1. The van der Waals surface area contributed by atoms with E-state index in [0.29, 0.717) is 12.2 Å². The summed E-state index contributed by atoms with van der Waals surface area (Å²) in [6, 6.07) is 9.99. The van der Waals surface area contributed by atoms with Gasteiger partial charge in [0.25, 0.3) is 5.91 Å². The number of anilines is 1. The smallest absolute Gasteiger partial charge is 0.270 e. The fraction of sp³-hybridized carbons (Fsp3) is 0.381. The van der Waals surface area contributed by atoms with Gasteiger partial charge in [-0.25, -0.2) is 9.97 Å². The Kier molecular flexibility index (Phi) is 5.53. The molecule has 0 atom stereocenters. The van der Waals surface area contributed by atoms with Crippen LogP contribution in [0.4, 0.5) is 5.82 Å². The van der Waals surface area contributed by atoms with Crippen molar-refractivity contribution in [2.45, 2.75) is 13.3 Å². The quantitative estimate of drug-likeness (QED) is 0.687. The summed E-state index contributed by atoms with van der Waals surface area (Å²) in [5.74, 6) is 0.670. The van der Waals surface area contributed by atoms with Crippen molar-refractivity contribution in [1.29, 1.82) is 0 Å². The molecule has 0 unspecified atom stereocenters. The number of H-pyrrole nitrogens is 1. The van der Waals surface area contributed by atoms with E-state index >= 15 is 0 Å². The second kappa shape index (κ2) is 8.39. The topological polar surface area (TPSA) is 77.1 Å². The molecule has 3 heterocycles. The maximum Gasteiger partial charge on any atom is 0.270 e. The maximum atomic E-state index is 12.5. The van der Waals surface area contributed by atoms with Crippen LogP contribution < -0.4 is 10.2 Å². The molecule has 1 aliphatic rings. The Morgan fingerprint density at radius 3 is 2.82 bits per heavy atom. The van der Waals surface area contributed by atoms with Gasteiger partial charge in [0.1, 0.15) is 17.8 Å². The van der Waals surface area contributed by atoms with E-state index in [4.69, 9.17) is 0 Å². The molecule has 28 heavy (non-hydrogen) atoms. The number of nitrogens with zero attached hydrogens (tertiary/aromatic N) is 4. The van der Waals surface area contributed by atoms with Gasteiger partial charge < -0.3 is 20.1 Å². The minimum Gasteiger partial charge on any atom is -0.361 e. The summed E-state index contributed by atoms with van der Waals surface area (Å²) in [6.07, 6.45) is 4.26. The summed E-state index contributed by atoms with van der Waals surface area (Å²) >= 11 is 0. The number of likely N-dealkylation sites (N-methyl/N-ethyl adjacent to an activating group) is 1. The second-order valence-electron chi connectivity index (χ2n) is 7.05. The number of rotatable bonds is 6. The van der Waals surface area contributed by atoms with Crippen LogP contribution in [0.5, 0.6) is 0 Å². The van der Waals surface area contributed by atoms with Crippen molar-refractivity contribution in [3.63, 3.8) is 0 Å². The highest BCUT2D eigenvalue weighted by Crippen LogP contribution is 2.18. The van der Waals surface area contributed by atoms with E-state index in [1.807, 2.05) is 18.3 Å². The van der Waals surface area contributed by atoms with Crippen LogP contribution in [-0.2, 0) is 6.42 Å². The third-order valence-corrected chi connectivity index (χ3v) is 5.38. The third-order valence-electron chi connectivity index (χ3n) is 5.38. The molecule has 0 aliphatic carbocycles. The normalized spacial score (nSPS) is 15.1. The number of aromatic nitrogens is 3. The van der Waals surface area contributed by atoms with E-state index in [2.05, 4.69) is 49.1 Å². The van der Waals surface area contributed by atoms with Gasteiger partial charge in [0.05, 0.1) is 0 Å². The number of fused-ring (bicyclic) bond motifs is 1. The number of amides is 1. The highest BCUT2D eigenvalue weighted by atomic mass is 16.1. The van der Waals surface area contributed by atoms with Crippen LogP contribution in [-0.4, -0.2) is 65.0 Å². The number of para-hydroxylation sites is 1. The SMILES string of the molecule is CCN1CCN(c2cc(C(=O)NCCc3c[nH]c4ccccc34)ncn2)CC1. The zero-order valence-corrected chi connectivity index (χ0v) is 16.2. The van der Waals surface area contributed by atoms with Gasteiger partial charge in [-0.3, -0.25) is 4.79 Å². The minimum absolute atomic E-state index is 0.157. The van der Waals surface area contributed by atoms with Gasteiger partial charge in [-0.05, 0) is 24.6 Å². The lowest BCUT2D eigenvalue weighted by Gasteiger charge is -2.34. The fourth-order valence-electron chi connectivity index (χ4n) is 3.68. The molecule has 1 saturated heterocycles. The molecular formula is C21H26N6O. The first-order valence-corrected chi connectivity index (χ1v) is 9.87. The molecule has 1 aromatic carbocycles. The second-order valence-corrected chi connectivity index (χ2v) is 7.05. The Morgan fingerprint density at radius 1 is 1.18 bits per heavy atom. The molecule has 4 rings (SSSR count). The van der Waals surface area contributed by atoms with Crippen LogP contribution in [0.1, 0.15) is 23.0 Å². The molecule has 2 aromatic heterocycles. The molecule has 0 spiro atoms. The number of piperazine rings is 1. The van der Waals surface area contributed by atoms with Gasteiger partial charge in [0.15, 0.2) is 0 Å². The molecule has 0 radical (unpaired) electrons. The van der Waals surface area contributed by atoms with Crippen molar-refractivity contribution < 1.29 is 4.79 Å². The number of carbonyl (C=O) groups is 1. The minimum atomic E-state index is -0.157. The molecule has 7 heteroatoms. The molecule has 2 N–H and O–H groups in total. The van der Waals surface area contributed by atoms with Crippen LogP contribution in [0.2, 0.25) is 0 Å². The Bertz CT molecular complexity index is 945. The lowest BCUT2D eigenvalue weighted by molar-refractivity contribution is 0.0949. The maximum absolute atomic E-state index is 12.5. The molecule has 1 amide bonds. The predicted octanol–water partition coefficient (Wildman–Crippen LogP) is 2.07. The standard InChI is InChI=1S/C21H26N6O/c1-2-26-9-11-27(12-10-26)20-13-19(24-15-25-20)21(28)22-8-7-16-14-23-18-6-4-3-5-17(16)18/h3-6,13-15,23H,2,7-12H2,1H3,(H,22,28). The zero-order valence-electron chi connectivity index (χ0n) is 16.2. The molecule has 0 saturated carbocycles. The van der Waals surface area contributed by atoms with E-state index < -0.39 is 0 Å². The summed E-state index contributed by atoms with van der Waals surface area (Å²) in [7, 11) is 0. The molecule has 1 aliphatic heterocycles. The van der Waals surface area contributed by atoms with E-state index in [1.165, 1.54) is 17.3 Å². The fourth-order valence-corrected chi connectivity index (χ4v) is 3.68. The van der Waals surface area contributed by atoms with Crippen molar-refractivity contribution in [2.75, 3.05) is 44.2 Å². The van der Waals surface area contributed by atoms with E-state index in [0.717, 1.165) is 50.5 Å². The van der Waals surface area contributed by atoms with Gasteiger partial charge in [0, 0.05) is 55.9 Å². The van der Waals surface area contributed by atoms with Crippen LogP contribution in [0.25, 0.3) is 10.9 Å². The first-order valence-electron chi connectivity index (χ1n) is 9.87. The van der Waals surface area contributed by atoms with Crippen molar-refractivity contribution in [3.8, 4) is 0 Å². The Hall–Kier alpha value is -2.93. The Balaban J connectivity index is 1.35. The number of nitrogens with one attached hydrogen (secondary N) is 2. The highest BCUT2D eigenvalue weighted by molar-refractivity contribution is 5.93. The van der Waals surface area contributed by atoms with Gasteiger partial charge >= 0.3 is 0 Å². The van der Waals surface area contributed by atoms with Crippen LogP contribution in [0, 0.1) is 0 Å². The zero-order chi connectivity index (χ0) is 19.3. The number of carbonyl (C=O) groups excluding carboxylic acids is 1. The van der Waals surface area contributed by atoms with Crippen molar-refractivity contribution in [1.82, 2.24) is 25.2 Å². The number of aromatic amines is 1. The lowest BCUT2D eigenvalue weighted by Crippen LogP contribution is -2.46. The van der Waals surface area contributed by atoms with Gasteiger partial charge in [-0.2, -0.15) is 0 Å².